The number of alkyl halides is 2. The first-order chi connectivity index (χ1) is 18.2. The van der Waals surface area contributed by atoms with Gasteiger partial charge in [0, 0.05) is 55.1 Å². The first kappa shape index (κ1) is 26.5. The summed E-state index contributed by atoms with van der Waals surface area (Å²) in [5.41, 5.74) is 1.58. The Kier molecular flexibility index (Phi) is 7.38. The zero-order valence-corrected chi connectivity index (χ0v) is 22.0. The van der Waals surface area contributed by atoms with Gasteiger partial charge in [0.1, 0.15) is 5.78 Å². The van der Waals surface area contributed by atoms with Gasteiger partial charge < -0.3 is 9.80 Å². The van der Waals surface area contributed by atoms with Crippen LogP contribution in [0, 0.1) is 5.41 Å². The SMILES string of the molecule is CC(=O)C1(CC(=O)N(c2ccccc2)C2CCCC(F)(F)C2)CCN(C(=O)c2ccc(C3CC3)cc2)CC1. The van der Waals surface area contributed by atoms with Crippen molar-refractivity contribution < 1.29 is 23.2 Å². The lowest BCUT2D eigenvalue weighted by Gasteiger charge is -2.42. The maximum absolute atomic E-state index is 14.3. The molecule has 202 valence electrons. The molecule has 0 bridgehead atoms. The number of Topliss-reactive ketones (excluding diaryl/α,β-unsaturated/α-hetero) is 1. The maximum atomic E-state index is 14.3. The highest BCUT2D eigenvalue weighted by Crippen LogP contribution is 2.42. The number of anilines is 1. The van der Waals surface area contributed by atoms with E-state index >= 15 is 0 Å². The van der Waals surface area contributed by atoms with Gasteiger partial charge in [0.05, 0.1) is 0 Å². The fraction of sp³-hybridized carbons (Fsp3) is 0.516. The molecule has 0 spiro atoms. The molecule has 2 aliphatic carbocycles. The van der Waals surface area contributed by atoms with Crippen molar-refractivity contribution in [2.24, 2.45) is 5.41 Å². The van der Waals surface area contributed by atoms with Gasteiger partial charge in [0.25, 0.3) is 5.91 Å². The van der Waals surface area contributed by atoms with Crippen LogP contribution in [0.5, 0.6) is 0 Å². The molecule has 2 aromatic rings. The van der Waals surface area contributed by atoms with Crippen molar-refractivity contribution in [1.82, 2.24) is 4.90 Å². The zero-order valence-electron chi connectivity index (χ0n) is 22.0. The number of carbonyl (C=O) groups excluding carboxylic acids is 3. The third-order valence-electron chi connectivity index (χ3n) is 8.73. The normalized spacial score (nSPS) is 22.5. The van der Waals surface area contributed by atoms with E-state index in [9.17, 15) is 23.2 Å². The third-order valence-corrected chi connectivity index (χ3v) is 8.73. The molecule has 7 heteroatoms. The van der Waals surface area contributed by atoms with Crippen LogP contribution in [0.4, 0.5) is 14.5 Å². The van der Waals surface area contributed by atoms with Crippen molar-refractivity contribution in [2.75, 3.05) is 18.0 Å². The highest BCUT2D eigenvalue weighted by molar-refractivity contribution is 5.98. The minimum atomic E-state index is -2.81. The summed E-state index contributed by atoms with van der Waals surface area (Å²) >= 11 is 0. The number of nitrogens with zero attached hydrogens (tertiary/aromatic N) is 2. The Balaban J connectivity index is 1.30. The molecule has 1 unspecified atom stereocenters. The molecule has 1 atom stereocenters. The smallest absolute Gasteiger partial charge is 0.253 e. The average molecular weight is 523 g/mol. The summed E-state index contributed by atoms with van der Waals surface area (Å²) in [6.07, 6.45) is 3.44. The van der Waals surface area contributed by atoms with E-state index in [1.807, 2.05) is 30.3 Å². The van der Waals surface area contributed by atoms with E-state index in [4.69, 9.17) is 0 Å². The molecule has 1 heterocycles. The van der Waals surface area contributed by atoms with Crippen molar-refractivity contribution in [2.45, 2.75) is 82.6 Å². The van der Waals surface area contributed by atoms with Crippen LogP contribution in [-0.4, -0.2) is 47.6 Å². The highest BCUT2D eigenvalue weighted by Gasteiger charge is 2.45. The van der Waals surface area contributed by atoms with Gasteiger partial charge in [-0.2, -0.15) is 0 Å². The molecule has 1 saturated heterocycles. The van der Waals surface area contributed by atoms with E-state index < -0.39 is 17.4 Å². The summed E-state index contributed by atoms with van der Waals surface area (Å²) < 4.78 is 28.7. The minimum Gasteiger partial charge on any atom is -0.339 e. The lowest BCUT2D eigenvalue weighted by atomic mass is 9.72. The largest absolute Gasteiger partial charge is 0.339 e. The first-order valence-corrected chi connectivity index (χ1v) is 13.8. The highest BCUT2D eigenvalue weighted by atomic mass is 19.3. The van der Waals surface area contributed by atoms with Crippen molar-refractivity contribution in [1.29, 1.82) is 0 Å². The van der Waals surface area contributed by atoms with Gasteiger partial charge >= 0.3 is 0 Å². The molecule has 5 nitrogen and oxygen atoms in total. The number of para-hydroxylation sites is 1. The molecule has 38 heavy (non-hydrogen) atoms. The van der Waals surface area contributed by atoms with Crippen molar-refractivity contribution >= 4 is 23.3 Å². The summed E-state index contributed by atoms with van der Waals surface area (Å²) in [4.78, 5) is 43.2. The molecule has 0 N–H and O–H groups in total. The van der Waals surface area contributed by atoms with Crippen molar-refractivity contribution in [3.8, 4) is 0 Å². The molecule has 3 aliphatic rings. The average Bonchev–Trinajstić information content (AvgIpc) is 3.75. The van der Waals surface area contributed by atoms with E-state index in [1.54, 1.807) is 29.2 Å². The number of rotatable bonds is 7. The lowest BCUT2D eigenvalue weighted by molar-refractivity contribution is -0.135. The second kappa shape index (κ2) is 10.6. The fourth-order valence-electron chi connectivity index (χ4n) is 6.18. The molecular weight excluding hydrogens is 486 g/mol. The van der Waals surface area contributed by atoms with Crippen LogP contribution in [0.1, 0.15) is 86.6 Å². The van der Waals surface area contributed by atoms with Crippen LogP contribution in [0.15, 0.2) is 54.6 Å². The molecule has 2 amide bonds. The predicted molar refractivity (Wildman–Crippen MR) is 142 cm³/mol. The standard InChI is InChI=1S/C31H36F2N2O3/c1-22(36)30(16-18-34(19-17-30)29(38)25-13-11-24(12-14-25)23-9-10-23)21-28(37)35(26-6-3-2-4-7-26)27-8-5-15-31(32,33)20-27/h2-4,6-7,11-14,23,27H,5,8-10,15-21H2,1H3. The number of benzene rings is 2. The molecule has 5 rings (SSSR count). The zero-order chi connectivity index (χ0) is 26.9. The van der Waals surface area contributed by atoms with Gasteiger partial charge in [0.2, 0.25) is 11.8 Å². The van der Waals surface area contributed by atoms with E-state index in [-0.39, 0.29) is 36.9 Å². The second-order valence-corrected chi connectivity index (χ2v) is 11.4. The number of hydrogen-bond acceptors (Lipinski definition) is 3. The Morgan fingerprint density at radius 3 is 2.16 bits per heavy atom. The van der Waals surface area contributed by atoms with Gasteiger partial charge in [0.15, 0.2) is 0 Å². The topological polar surface area (TPSA) is 57.7 Å². The Hall–Kier alpha value is -3.09. The number of halogens is 2. The van der Waals surface area contributed by atoms with E-state index in [0.717, 1.165) is 0 Å². The van der Waals surface area contributed by atoms with Crippen LogP contribution >= 0.6 is 0 Å². The molecular formula is C31H36F2N2O3. The van der Waals surface area contributed by atoms with Crippen LogP contribution < -0.4 is 4.90 Å². The Morgan fingerprint density at radius 2 is 1.58 bits per heavy atom. The molecule has 0 radical (unpaired) electrons. The first-order valence-electron chi connectivity index (χ1n) is 13.8. The van der Waals surface area contributed by atoms with Crippen LogP contribution in [0.3, 0.4) is 0 Å². The number of ketones is 1. The summed E-state index contributed by atoms with van der Waals surface area (Å²) in [5, 5.41) is 0. The molecule has 1 aliphatic heterocycles. The van der Waals surface area contributed by atoms with E-state index in [2.05, 4.69) is 0 Å². The van der Waals surface area contributed by atoms with Gasteiger partial charge in [-0.25, -0.2) is 8.78 Å². The summed E-state index contributed by atoms with van der Waals surface area (Å²) in [6, 6.07) is 16.1. The lowest BCUT2D eigenvalue weighted by Crippen LogP contribution is -2.51. The van der Waals surface area contributed by atoms with Gasteiger partial charge in [-0.3, -0.25) is 14.4 Å². The van der Waals surface area contributed by atoms with Gasteiger partial charge in [-0.15, -0.1) is 0 Å². The summed E-state index contributed by atoms with van der Waals surface area (Å²) in [7, 11) is 0. The number of likely N-dealkylation sites (tertiary alicyclic amines) is 1. The number of piperidine rings is 1. The minimum absolute atomic E-state index is 0.0442. The molecule has 0 aromatic heterocycles. The molecule has 2 saturated carbocycles. The molecule has 3 fully saturated rings. The number of carbonyl (C=O) groups is 3. The fourth-order valence-corrected chi connectivity index (χ4v) is 6.18. The van der Waals surface area contributed by atoms with E-state index in [0.29, 0.717) is 55.9 Å². The van der Waals surface area contributed by atoms with E-state index in [1.165, 1.54) is 30.2 Å². The molecule has 2 aromatic carbocycles. The predicted octanol–water partition coefficient (Wildman–Crippen LogP) is 6.38. The maximum Gasteiger partial charge on any atom is 0.253 e. The Bertz CT molecular complexity index is 1170. The summed E-state index contributed by atoms with van der Waals surface area (Å²) in [5.74, 6) is -2.64. The van der Waals surface area contributed by atoms with Crippen LogP contribution in [0.2, 0.25) is 0 Å². The monoisotopic (exact) mass is 522 g/mol. The van der Waals surface area contributed by atoms with Crippen LogP contribution in [-0.2, 0) is 9.59 Å². The third kappa shape index (κ3) is 5.67. The van der Waals surface area contributed by atoms with Crippen molar-refractivity contribution in [3.05, 3.63) is 65.7 Å². The Morgan fingerprint density at radius 1 is 0.921 bits per heavy atom. The summed E-state index contributed by atoms with van der Waals surface area (Å²) in [6.45, 7) is 2.26. The Labute approximate surface area is 223 Å². The number of amides is 2. The number of hydrogen-bond donors (Lipinski definition) is 0. The quantitative estimate of drug-likeness (QED) is 0.424. The van der Waals surface area contributed by atoms with Gasteiger partial charge in [-0.1, -0.05) is 30.3 Å². The van der Waals surface area contributed by atoms with Crippen LogP contribution in [0.25, 0.3) is 0 Å². The van der Waals surface area contributed by atoms with Gasteiger partial charge in [-0.05, 0) is 81.2 Å². The second-order valence-electron chi connectivity index (χ2n) is 11.4. The van der Waals surface area contributed by atoms with Crippen molar-refractivity contribution in [3.63, 3.8) is 0 Å².